The Bertz CT molecular complexity index is 910. The Morgan fingerprint density at radius 3 is 2.35 bits per heavy atom. The number of hydrogen-bond donors (Lipinski definition) is 0. The Kier molecular flexibility index (Phi) is 6.94. The van der Waals surface area contributed by atoms with Crippen molar-refractivity contribution in [2.75, 3.05) is 39.2 Å². The Labute approximate surface area is 181 Å². The first-order valence-electron chi connectivity index (χ1n) is 10.5. The molecule has 7 heteroatoms. The van der Waals surface area contributed by atoms with Crippen molar-refractivity contribution < 1.29 is 22.7 Å². The van der Waals surface area contributed by atoms with Crippen molar-refractivity contribution in [1.82, 2.24) is 4.90 Å². The van der Waals surface area contributed by atoms with Crippen molar-refractivity contribution in [2.24, 2.45) is 5.92 Å². The minimum Gasteiger partial charge on any atom is -0.497 e. The van der Waals surface area contributed by atoms with Gasteiger partial charge in [-0.3, -0.25) is 4.79 Å². The number of ether oxygens (including phenoxy) is 1. The number of fused-ring (bicyclic) bond motifs is 1. The van der Waals surface area contributed by atoms with Crippen LogP contribution in [0.2, 0.25) is 0 Å². The molecule has 1 heterocycles. The molecule has 2 aromatic carbocycles. The standard InChI is InChI=1S/C24H29F3N2O2/c1-5-18-19(16-9-11-17(31-4)12-10-16)15-20-21(24(25,26)27)7-6-8-22(20)29(23(18)30)14-13-28(2)3/h6-12,18-19H,5,13-15H2,1-4H3/t18-,19-/m0/s1. The van der Waals surface area contributed by atoms with Gasteiger partial charge in [-0.05, 0) is 68.2 Å². The first kappa shape index (κ1) is 23.1. The summed E-state index contributed by atoms with van der Waals surface area (Å²) in [6.07, 6.45) is -3.79. The van der Waals surface area contributed by atoms with Crippen LogP contribution in [0.3, 0.4) is 0 Å². The highest BCUT2D eigenvalue weighted by molar-refractivity contribution is 5.97. The van der Waals surface area contributed by atoms with Gasteiger partial charge in [-0.25, -0.2) is 0 Å². The minimum absolute atomic E-state index is 0.122. The fraction of sp³-hybridized carbons (Fsp3) is 0.458. The summed E-state index contributed by atoms with van der Waals surface area (Å²) in [4.78, 5) is 17.1. The minimum atomic E-state index is -4.49. The maximum absolute atomic E-state index is 13.9. The Balaban J connectivity index is 2.16. The molecule has 1 aliphatic heterocycles. The third-order valence-corrected chi connectivity index (χ3v) is 6.00. The molecule has 0 saturated heterocycles. The van der Waals surface area contributed by atoms with Crippen LogP contribution < -0.4 is 9.64 Å². The number of nitrogens with zero attached hydrogens (tertiary/aromatic N) is 2. The van der Waals surface area contributed by atoms with Gasteiger partial charge in [-0.15, -0.1) is 0 Å². The highest BCUT2D eigenvalue weighted by Crippen LogP contribution is 2.44. The van der Waals surface area contributed by atoms with Crippen molar-refractivity contribution in [3.8, 4) is 5.75 Å². The summed E-state index contributed by atoms with van der Waals surface area (Å²) < 4.78 is 47.0. The number of hydrogen-bond acceptors (Lipinski definition) is 3. The van der Waals surface area contributed by atoms with Crippen LogP contribution in [-0.2, 0) is 17.4 Å². The summed E-state index contributed by atoms with van der Waals surface area (Å²) in [6.45, 7) is 2.82. The number of carbonyl (C=O) groups excluding carboxylic acids is 1. The normalized spacial score (nSPS) is 19.4. The van der Waals surface area contributed by atoms with Crippen LogP contribution >= 0.6 is 0 Å². The molecular formula is C24H29F3N2O2. The first-order valence-corrected chi connectivity index (χ1v) is 10.5. The van der Waals surface area contributed by atoms with E-state index in [1.165, 1.54) is 6.07 Å². The Hall–Kier alpha value is -2.54. The van der Waals surface area contributed by atoms with Gasteiger partial charge in [0.2, 0.25) is 5.91 Å². The van der Waals surface area contributed by atoms with E-state index in [4.69, 9.17) is 4.74 Å². The molecule has 0 aromatic heterocycles. The number of benzene rings is 2. The molecule has 0 radical (unpaired) electrons. The van der Waals surface area contributed by atoms with Crippen LogP contribution in [0, 0.1) is 5.92 Å². The zero-order valence-electron chi connectivity index (χ0n) is 18.4. The van der Waals surface area contributed by atoms with E-state index in [0.29, 0.717) is 30.9 Å². The lowest BCUT2D eigenvalue weighted by Crippen LogP contribution is -2.41. The van der Waals surface area contributed by atoms with E-state index in [1.807, 2.05) is 38.1 Å². The van der Waals surface area contributed by atoms with E-state index >= 15 is 0 Å². The van der Waals surface area contributed by atoms with Crippen LogP contribution in [0.4, 0.5) is 18.9 Å². The second-order valence-corrected chi connectivity index (χ2v) is 8.19. The maximum atomic E-state index is 13.9. The molecule has 0 fully saturated rings. The van der Waals surface area contributed by atoms with Crippen LogP contribution in [-0.4, -0.2) is 45.1 Å². The van der Waals surface area contributed by atoms with Gasteiger partial charge in [0.05, 0.1) is 12.7 Å². The van der Waals surface area contributed by atoms with Gasteiger partial charge >= 0.3 is 6.18 Å². The first-order chi connectivity index (χ1) is 14.7. The second kappa shape index (κ2) is 9.30. The molecule has 31 heavy (non-hydrogen) atoms. The lowest BCUT2D eigenvalue weighted by Gasteiger charge is -2.29. The molecule has 0 saturated carbocycles. The lowest BCUT2D eigenvalue weighted by atomic mass is 9.79. The second-order valence-electron chi connectivity index (χ2n) is 8.19. The van der Waals surface area contributed by atoms with E-state index in [2.05, 4.69) is 0 Å². The number of rotatable bonds is 6. The summed E-state index contributed by atoms with van der Waals surface area (Å²) in [7, 11) is 5.33. The SMILES string of the molecule is CC[C@@H]1C(=O)N(CCN(C)C)c2cccc(C(F)(F)F)c2C[C@H]1c1ccc(OC)cc1. The van der Waals surface area contributed by atoms with Crippen molar-refractivity contribution in [1.29, 1.82) is 0 Å². The summed E-state index contributed by atoms with van der Waals surface area (Å²) in [5.74, 6) is -0.219. The summed E-state index contributed by atoms with van der Waals surface area (Å²) in [5, 5.41) is 0. The van der Waals surface area contributed by atoms with E-state index in [-0.39, 0.29) is 23.8 Å². The summed E-state index contributed by atoms with van der Waals surface area (Å²) >= 11 is 0. The lowest BCUT2D eigenvalue weighted by molar-refractivity contribution is -0.138. The number of anilines is 1. The highest BCUT2D eigenvalue weighted by atomic mass is 19.4. The fourth-order valence-corrected chi connectivity index (χ4v) is 4.35. The predicted molar refractivity (Wildman–Crippen MR) is 116 cm³/mol. The molecular weight excluding hydrogens is 405 g/mol. The molecule has 2 atom stereocenters. The van der Waals surface area contributed by atoms with Gasteiger partial charge in [0, 0.05) is 24.7 Å². The van der Waals surface area contributed by atoms with Gasteiger partial charge in [0.15, 0.2) is 0 Å². The highest BCUT2D eigenvalue weighted by Gasteiger charge is 2.41. The molecule has 168 valence electrons. The Morgan fingerprint density at radius 2 is 1.81 bits per heavy atom. The van der Waals surface area contributed by atoms with Gasteiger partial charge < -0.3 is 14.5 Å². The van der Waals surface area contributed by atoms with Gasteiger partial charge in [-0.1, -0.05) is 25.1 Å². The van der Waals surface area contributed by atoms with Gasteiger partial charge in [0.25, 0.3) is 0 Å². The van der Waals surface area contributed by atoms with Crippen molar-refractivity contribution in [3.63, 3.8) is 0 Å². The molecule has 0 aliphatic carbocycles. The molecule has 0 N–H and O–H groups in total. The zero-order chi connectivity index (χ0) is 22.8. The monoisotopic (exact) mass is 434 g/mol. The smallest absolute Gasteiger partial charge is 0.416 e. The molecule has 1 aliphatic rings. The number of carbonyl (C=O) groups is 1. The third kappa shape index (κ3) is 4.87. The van der Waals surface area contributed by atoms with Crippen molar-refractivity contribution in [3.05, 3.63) is 59.2 Å². The molecule has 1 amide bonds. The van der Waals surface area contributed by atoms with E-state index in [9.17, 15) is 18.0 Å². The van der Waals surface area contributed by atoms with Crippen LogP contribution in [0.1, 0.15) is 36.0 Å². The average Bonchev–Trinajstić information content (AvgIpc) is 2.85. The molecule has 0 bridgehead atoms. The topological polar surface area (TPSA) is 32.8 Å². The quantitative estimate of drug-likeness (QED) is 0.643. The third-order valence-electron chi connectivity index (χ3n) is 6.00. The van der Waals surface area contributed by atoms with E-state index in [1.54, 1.807) is 30.2 Å². The Morgan fingerprint density at radius 1 is 1.13 bits per heavy atom. The zero-order valence-corrected chi connectivity index (χ0v) is 18.4. The number of likely N-dealkylation sites (N-methyl/N-ethyl adjacent to an activating group) is 1. The molecule has 4 nitrogen and oxygen atoms in total. The summed E-state index contributed by atoms with van der Waals surface area (Å²) in [6, 6.07) is 11.4. The molecule has 0 unspecified atom stereocenters. The van der Waals surface area contributed by atoms with Gasteiger partial charge in [0.1, 0.15) is 5.75 Å². The maximum Gasteiger partial charge on any atom is 0.416 e. The number of alkyl halides is 3. The van der Waals surface area contributed by atoms with E-state index in [0.717, 1.165) is 11.6 Å². The number of halogens is 3. The fourth-order valence-electron chi connectivity index (χ4n) is 4.35. The number of amides is 1. The van der Waals surface area contributed by atoms with Gasteiger partial charge in [-0.2, -0.15) is 13.2 Å². The summed E-state index contributed by atoms with van der Waals surface area (Å²) in [5.41, 5.74) is 0.747. The van der Waals surface area contributed by atoms with E-state index < -0.39 is 17.7 Å². The predicted octanol–water partition coefficient (Wildman–Crippen LogP) is 4.97. The average molecular weight is 435 g/mol. The van der Waals surface area contributed by atoms with Crippen molar-refractivity contribution in [2.45, 2.75) is 31.9 Å². The number of methoxy groups -OCH3 is 1. The van der Waals surface area contributed by atoms with Crippen molar-refractivity contribution >= 4 is 11.6 Å². The van der Waals surface area contributed by atoms with Crippen LogP contribution in [0.5, 0.6) is 5.75 Å². The van der Waals surface area contributed by atoms with Crippen LogP contribution in [0.15, 0.2) is 42.5 Å². The molecule has 2 aromatic rings. The molecule has 3 rings (SSSR count). The molecule has 0 spiro atoms. The van der Waals surface area contributed by atoms with Crippen LogP contribution in [0.25, 0.3) is 0 Å². The largest absolute Gasteiger partial charge is 0.497 e.